The second kappa shape index (κ2) is 7.16. The van der Waals surface area contributed by atoms with Gasteiger partial charge >= 0.3 is 0 Å². The summed E-state index contributed by atoms with van der Waals surface area (Å²) in [7, 11) is 2.11. The maximum absolute atomic E-state index is 5.96. The van der Waals surface area contributed by atoms with Crippen LogP contribution in [-0.2, 0) is 20.1 Å². The minimum Gasteiger partial charge on any atom is -0.330 e. The van der Waals surface area contributed by atoms with Gasteiger partial charge in [0.1, 0.15) is 5.82 Å². The quantitative estimate of drug-likeness (QED) is 0.716. The van der Waals surface area contributed by atoms with E-state index in [2.05, 4.69) is 57.8 Å². The van der Waals surface area contributed by atoms with Crippen molar-refractivity contribution in [2.45, 2.75) is 13.1 Å². The van der Waals surface area contributed by atoms with Crippen LogP contribution in [0, 0.1) is 0 Å². The van der Waals surface area contributed by atoms with Crippen molar-refractivity contribution in [1.29, 1.82) is 0 Å². The van der Waals surface area contributed by atoms with Gasteiger partial charge < -0.3 is 4.57 Å². The number of benzene rings is 2. The summed E-state index contributed by atoms with van der Waals surface area (Å²) in [5, 5.41) is 0.802. The van der Waals surface area contributed by atoms with Crippen LogP contribution in [0.4, 0.5) is 0 Å². The lowest BCUT2D eigenvalue weighted by molar-refractivity contribution is 0.119. The SMILES string of the molecule is Cn1c(CN2CCN(Cc3ccc(Cl)cc3)CC2)nc2ccccc21. The van der Waals surface area contributed by atoms with Crippen molar-refractivity contribution in [2.24, 2.45) is 7.05 Å². The predicted octanol–water partition coefficient (Wildman–Crippen LogP) is 3.54. The average molecular weight is 355 g/mol. The van der Waals surface area contributed by atoms with Gasteiger partial charge in [0, 0.05) is 44.8 Å². The molecule has 4 nitrogen and oxygen atoms in total. The van der Waals surface area contributed by atoms with Crippen LogP contribution in [0.3, 0.4) is 0 Å². The van der Waals surface area contributed by atoms with Crippen molar-refractivity contribution in [3.05, 3.63) is 64.9 Å². The smallest absolute Gasteiger partial charge is 0.123 e. The van der Waals surface area contributed by atoms with Crippen LogP contribution in [0.5, 0.6) is 0 Å². The summed E-state index contributed by atoms with van der Waals surface area (Å²) in [5.74, 6) is 1.15. The topological polar surface area (TPSA) is 24.3 Å². The van der Waals surface area contributed by atoms with Crippen LogP contribution in [0.2, 0.25) is 5.02 Å². The van der Waals surface area contributed by atoms with Gasteiger partial charge in [-0.25, -0.2) is 4.98 Å². The first kappa shape index (κ1) is 16.6. The van der Waals surface area contributed by atoms with Gasteiger partial charge in [0.15, 0.2) is 0 Å². The van der Waals surface area contributed by atoms with Gasteiger partial charge in [0.05, 0.1) is 17.6 Å². The standard InChI is InChI=1S/C20H23ClN4/c1-23-19-5-3-2-4-18(19)22-20(23)15-25-12-10-24(11-13-25)14-16-6-8-17(21)9-7-16/h2-9H,10-15H2,1H3. The predicted molar refractivity (Wildman–Crippen MR) is 103 cm³/mol. The minimum absolute atomic E-state index is 0.802. The molecule has 5 heteroatoms. The van der Waals surface area contributed by atoms with Gasteiger partial charge in [-0.3, -0.25) is 9.80 Å². The van der Waals surface area contributed by atoms with Crippen LogP contribution < -0.4 is 0 Å². The monoisotopic (exact) mass is 354 g/mol. The van der Waals surface area contributed by atoms with E-state index in [-0.39, 0.29) is 0 Å². The zero-order chi connectivity index (χ0) is 17.2. The third-order valence-corrected chi connectivity index (χ3v) is 5.28. The van der Waals surface area contributed by atoms with Gasteiger partial charge in [-0.2, -0.15) is 0 Å². The molecule has 25 heavy (non-hydrogen) atoms. The maximum atomic E-state index is 5.96. The Balaban J connectivity index is 1.35. The maximum Gasteiger partial charge on any atom is 0.123 e. The summed E-state index contributed by atoms with van der Waals surface area (Å²) in [6.07, 6.45) is 0. The molecule has 3 aromatic rings. The Morgan fingerprint density at radius 1 is 0.880 bits per heavy atom. The second-order valence-electron chi connectivity index (χ2n) is 6.75. The van der Waals surface area contributed by atoms with E-state index in [9.17, 15) is 0 Å². The number of hydrogen-bond donors (Lipinski definition) is 0. The number of aryl methyl sites for hydroxylation is 1. The number of halogens is 1. The molecule has 1 aliphatic rings. The van der Waals surface area contributed by atoms with Crippen LogP contribution in [0.25, 0.3) is 11.0 Å². The van der Waals surface area contributed by atoms with Gasteiger partial charge in [-0.05, 0) is 29.8 Å². The van der Waals surface area contributed by atoms with E-state index >= 15 is 0 Å². The van der Waals surface area contributed by atoms with Crippen molar-refractivity contribution in [1.82, 2.24) is 19.4 Å². The molecule has 0 radical (unpaired) electrons. The molecule has 1 saturated heterocycles. The number of hydrogen-bond acceptors (Lipinski definition) is 3. The van der Waals surface area contributed by atoms with Gasteiger partial charge in [-0.15, -0.1) is 0 Å². The molecule has 0 unspecified atom stereocenters. The molecule has 1 aromatic heterocycles. The van der Waals surface area contributed by atoms with E-state index in [0.717, 1.165) is 55.6 Å². The Bertz CT molecular complexity index is 848. The van der Waals surface area contributed by atoms with E-state index in [1.807, 2.05) is 12.1 Å². The second-order valence-corrected chi connectivity index (χ2v) is 7.19. The molecule has 0 bridgehead atoms. The normalized spacial score (nSPS) is 16.6. The molecule has 0 spiro atoms. The number of nitrogens with zero attached hydrogens (tertiary/aromatic N) is 4. The number of rotatable bonds is 4. The number of piperazine rings is 1. The number of aromatic nitrogens is 2. The zero-order valence-corrected chi connectivity index (χ0v) is 15.3. The lowest BCUT2D eigenvalue weighted by Crippen LogP contribution is -2.45. The summed E-state index contributed by atoms with van der Waals surface area (Å²) in [6.45, 7) is 6.25. The molecular formula is C20H23ClN4. The first-order valence-electron chi connectivity index (χ1n) is 8.78. The fourth-order valence-corrected chi connectivity index (χ4v) is 3.62. The van der Waals surface area contributed by atoms with E-state index in [1.54, 1.807) is 0 Å². The van der Waals surface area contributed by atoms with Crippen LogP contribution in [0.15, 0.2) is 48.5 Å². The van der Waals surface area contributed by atoms with Crippen molar-refractivity contribution in [3.63, 3.8) is 0 Å². The van der Waals surface area contributed by atoms with Crippen LogP contribution in [-0.4, -0.2) is 45.5 Å². The Morgan fingerprint density at radius 3 is 2.20 bits per heavy atom. The first-order chi connectivity index (χ1) is 12.2. The fourth-order valence-electron chi connectivity index (χ4n) is 3.49. The van der Waals surface area contributed by atoms with Crippen molar-refractivity contribution in [2.75, 3.05) is 26.2 Å². The highest BCUT2D eigenvalue weighted by Gasteiger charge is 2.19. The summed E-state index contributed by atoms with van der Waals surface area (Å²) in [5.41, 5.74) is 3.62. The average Bonchev–Trinajstić information content (AvgIpc) is 2.95. The molecular weight excluding hydrogens is 332 g/mol. The summed E-state index contributed by atoms with van der Waals surface area (Å²) in [4.78, 5) is 9.80. The fraction of sp³-hybridized carbons (Fsp3) is 0.350. The lowest BCUT2D eigenvalue weighted by Gasteiger charge is -2.34. The molecule has 0 aliphatic carbocycles. The number of para-hydroxylation sites is 2. The Morgan fingerprint density at radius 2 is 1.52 bits per heavy atom. The highest BCUT2D eigenvalue weighted by molar-refractivity contribution is 6.30. The molecule has 2 aromatic carbocycles. The van der Waals surface area contributed by atoms with Gasteiger partial charge in [0.2, 0.25) is 0 Å². The van der Waals surface area contributed by atoms with E-state index in [4.69, 9.17) is 16.6 Å². The van der Waals surface area contributed by atoms with Crippen LogP contribution >= 0.6 is 11.6 Å². The molecule has 0 saturated carbocycles. The summed E-state index contributed by atoms with van der Waals surface area (Å²) in [6, 6.07) is 16.5. The number of imidazole rings is 1. The molecule has 2 heterocycles. The van der Waals surface area contributed by atoms with E-state index in [1.165, 1.54) is 11.1 Å². The van der Waals surface area contributed by atoms with Gasteiger partial charge in [-0.1, -0.05) is 35.9 Å². The van der Waals surface area contributed by atoms with Crippen molar-refractivity contribution < 1.29 is 0 Å². The largest absolute Gasteiger partial charge is 0.330 e. The Kier molecular flexibility index (Phi) is 4.75. The Hall–Kier alpha value is -1.88. The lowest BCUT2D eigenvalue weighted by atomic mass is 10.2. The summed E-state index contributed by atoms with van der Waals surface area (Å²) < 4.78 is 2.22. The molecule has 1 aliphatic heterocycles. The first-order valence-corrected chi connectivity index (χ1v) is 9.16. The molecule has 4 rings (SSSR count). The molecule has 130 valence electrons. The molecule has 0 atom stereocenters. The van der Waals surface area contributed by atoms with Crippen LogP contribution in [0.1, 0.15) is 11.4 Å². The van der Waals surface area contributed by atoms with Crippen molar-refractivity contribution >= 4 is 22.6 Å². The molecule has 1 fully saturated rings. The zero-order valence-electron chi connectivity index (χ0n) is 14.5. The molecule has 0 N–H and O–H groups in total. The third-order valence-electron chi connectivity index (χ3n) is 5.03. The van der Waals surface area contributed by atoms with Gasteiger partial charge in [0.25, 0.3) is 0 Å². The number of fused-ring (bicyclic) bond motifs is 1. The third kappa shape index (κ3) is 3.71. The minimum atomic E-state index is 0.802. The molecule has 0 amide bonds. The van der Waals surface area contributed by atoms with E-state index in [0.29, 0.717) is 0 Å². The Labute approximate surface area is 153 Å². The summed E-state index contributed by atoms with van der Waals surface area (Å²) >= 11 is 5.96. The van der Waals surface area contributed by atoms with E-state index < -0.39 is 0 Å². The van der Waals surface area contributed by atoms with Crippen molar-refractivity contribution in [3.8, 4) is 0 Å². The highest BCUT2D eigenvalue weighted by Crippen LogP contribution is 2.17. The highest BCUT2D eigenvalue weighted by atomic mass is 35.5.